The second-order valence-corrected chi connectivity index (χ2v) is 5.54. The lowest BCUT2D eigenvalue weighted by atomic mass is 9.98. The van der Waals surface area contributed by atoms with E-state index >= 15 is 0 Å². The molecule has 1 atom stereocenters. The van der Waals surface area contributed by atoms with Gasteiger partial charge in [-0.2, -0.15) is 0 Å². The number of para-hydroxylation sites is 1. The summed E-state index contributed by atoms with van der Waals surface area (Å²) in [7, 11) is 0. The number of nitro groups is 1. The average Bonchev–Trinajstić information content (AvgIpc) is 2.49. The Kier molecular flexibility index (Phi) is 4.89. The first kappa shape index (κ1) is 16.1. The van der Waals surface area contributed by atoms with Crippen LogP contribution in [0.5, 0.6) is 5.75 Å². The van der Waals surface area contributed by atoms with Gasteiger partial charge in [-0.05, 0) is 24.3 Å². The largest absolute Gasteiger partial charge is 0.507 e. The van der Waals surface area contributed by atoms with Gasteiger partial charge in [-0.25, -0.2) is 0 Å². The van der Waals surface area contributed by atoms with Crippen LogP contribution in [0.25, 0.3) is 0 Å². The van der Waals surface area contributed by atoms with Crippen molar-refractivity contribution in [2.24, 2.45) is 0 Å². The summed E-state index contributed by atoms with van der Waals surface area (Å²) < 4.78 is 0.605. The Morgan fingerprint density at radius 2 is 1.95 bits per heavy atom. The summed E-state index contributed by atoms with van der Waals surface area (Å²) in [6.07, 6.45) is -1.69. The molecule has 0 saturated carbocycles. The fraction of sp³-hybridized carbons (Fsp3) is 0.133. The summed E-state index contributed by atoms with van der Waals surface area (Å²) in [4.78, 5) is 22.5. The van der Waals surface area contributed by atoms with Crippen LogP contribution >= 0.6 is 15.9 Å². The second kappa shape index (κ2) is 6.67. The van der Waals surface area contributed by atoms with Crippen LogP contribution < -0.4 is 0 Å². The number of aliphatic hydroxyl groups excluding tert-OH is 1. The number of carbonyl (C=O) groups excluding carboxylic acids is 1. The molecule has 2 N–H and O–H groups in total. The number of hydrogen-bond acceptors (Lipinski definition) is 5. The van der Waals surface area contributed by atoms with Gasteiger partial charge in [0, 0.05) is 17.0 Å². The van der Waals surface area contributed by atoms with E-state index in [1.165, 1.54) is 30.3 Å². The number of hydrogen-bond donors (Lipinski definition) is 2. The lowest BCUT2D eigenvalue weighted by Crippen LogP contribution is -2.09. The summed E-state index contributed by atoms with van der Waals surface area (Å²) >= 11 is 3.19. The molecule has 0 aromatic heterocycles. The Morgan fingerprint density at radius 1 is 1.27 bits per heavy atom. The highest BCUT2D eigenvalue weighted by Crippen LogP contribution is 2.30. The smallest absolute Gasteiger partial charge is 0.275 e. The number of nitro benzene ring substituents is 1. The third kappa shape index (κ3) is 3.49. The number of Topliss-reactive ketones (excluding diaryl/α,β-unsaturated/α-hetero) is 1. The summed E-state index contributed by atoms with van der Waals surface area (Å²) in [5.74, 6) is -0.715. The van der Waals surface area contributed by atoms with Crippen LogP contribution in [0, 0.1) is 10.1 Å². The summed E-state index contributed by atoms with van der Waals surface area (Å²) in [6, 6.07) is 10.1. The van der Waals surface area contributed by atoms with Crippen LogP contribution in [-0.2, 0) is 0 Å². The molecule has 0 fully saturated rings. The number of phenols is 1. The van der Waals surface area contributed by atoms with Gasteiger partial charge in [0.05, 0.1) is 22.2 Å². The Hall–Kier alpha value is -2.25. The topological polar surface area (TPSA) is 101 Å². The number of nitrogens with zero attached hydrogens (tertiary/aromatic N) is 1. The normalized spacial score (nSPS) is 11.9. The van der Waals surface area contributed by atoms with Gasteiger partial charge in [0.1, 0.15) is 5.75 Å². The minimum atomic E-state index is -1.33. The molecule has 114 valence electrons. The molecular weight excluding hydrogens is 354 g/mol. The van der Waals surface area contributed by atoms with Gasteiger partial charge < -0.3 is 10.2 Å². The first-order valence-corrected chi connectivity index (χ1v) is 7.12. The Balaban J connectivity index is 2.25. The van der Waals surface area contributed by atoms with Crippen molar-refractivity contribution in [3.8, 4) is 5.75 Å². The molecule has 6 nitrogen and oxygen atoms in total. The highest BCUT2D eigenvalue weighted by Gasteiger charge is 2.23. The maximum absolute atomic E-state index is 12.2. The van der Waals surface area contributed by atoms with Crippen molar-refractivity contribution in [3.05, 3.63) is 68.2 Å². The molecule has 0 radical (unpaired) electrons. The van der Waals surface area contributed by atoms with Crippen molar-refractivity contribution in [3.63, 3.8) is 0 Å². The number of benzene rings is 2. The monoisotopic (exact) mass is 365 g/mol. The van der Waals surface area contributed by atoms with Crippen LogP contribution in [-0.4, -0.2) is 20.9 Å². The van der Waals surface area contributed by atoms with E-state index in [2.05, 4.69) is 15.9 Å². The highest BCUT2D eigenvalue weighted by atomic mass is 79.9. The van der Waals surface area contributed by atoms with Crippen molar-refractivity contribution in [1.82, 2.24) is 0 Å². The second-order valence-electron chi connectivity index (χ2n) is 4.62. The van der Waals surface area contributed by atoms with Crippen LogP contribution in [0.15, 0.2) is 46.9 Å². The molecule has 1 unspecified atom stereocenters. The van der Waals surface area contributed by atoms with Gasteiger partial charge in [-0.1, -0.05) is 28.1 Å². The molecule has 2 aromatic rings. The third-order valence-corrected chi connectivity index (χ3v) is 3.62. The Morgan fingerprint density at radius 3 is 2.64 bits per heavy atom. The van der Waals surface area contributed by atoms with E-state index in [1.807, 2.05) is 0 Å². The van der Waals surface area contributed by atoms with Gasteiger partial charge in [0.25, 0.3) is 5.69 Å². The van der Waals surface area contributed by atoms with Crippen molar-refractivity contribution in [1.29, 1.82) is 0 Å². The molecule has 0 aliphatic carbocycles. The van der Waals surface area contributed by atoms with Crippen LogP contribution in [0.2, 0.25) is 0 Å². The van der Waals surface area contributed by atoms with Gasteiger partial charge in [0.15, 0.2) is 5.78 Å². The average molecular weight is 366 g/mol. The molecule has 0 aliphatic rings. The summed E-state index contributed by atoms with van der Waals surface area (Å²) in [5.41, 5.74) is -0.136. The minimum absolute atomic E-state index is 0.0482. The van der Waals surface area contributed by atoms with Crippen LogP contribution in [0.1, 0.15) is 28.4 Å². The van der Waals surface area contributed by atoms with Gasteiger partial charge in [0.2, 0.25) is 0 Å². The Bertz CT molecular complexity index is 732. The van der Waals surface area contributed by atoms with E-state index in [0.717, 1.165) is 0 Å². The molecule has 0 bridgehead atoms. The quantitative estimate of drug-likeness (QED) is 0.480. The molecule has 0 saturated heterocycles. The van der Waals surface area contributed by atoms with E-state index in [4.69, 9.17) is 0 Å². The SMILES string of the molecule is O=C(CC(O)c1ccccc1[N+](=O)[O-])c1cc(Br)ccc1O. The zero-order valence-corrected chi connectivity index (χ0v) is 12.9. The molecule has 0 aliphatic heterocycles. The van der Waals surface area contributed by atoms with Crippen molar-refractivity contribution < 1.29 is 19.9 Å². The molecule has 0 spiro atoms. The number of rotatable bonds is 5. The molecular formula is C15H12BrNO5. The molecule has 2 rings (SSSR count). The highest BCUT2D eigenvalue weighted by molar-refractivity contribution is 9.10. The summed E-state index contributed by atoms with van der Waals surface area (Å²) in [5, 5.41) is 30.8. The maximum atomic E-state index is 12.2. The molecule has 7 heteroatoms. The van der Waals surface area contributed by atoms with E-state index in [0.29, 0.717) is 4.47 Å². The van der Waals surface area contributed by atoms with E-state index in [1.54, 1.807) is 12.1 Å². The number of halogens is 1. The zero-order valence-electron chi connectivity index (χ0n) is 11.3. The number of ketones is 1. The number of aliphatic hydroxyl groups is 1. The van der Waals surface area contributed by atoms with Crippen LogP contribution in [0.3, 0.4) is 0 Å². The van der Waals surface area contributed by atoms with Crippen molar-refractivity contribution >= 4 is 27.4 Å². The van der Waals surface area contributed by atoms with Crippen LogP contribution in [0.4, 0.5) is 5.69 Å². The molecule has 0 heterocycles. The van der Waals surface area contributed by atoms with E-state index in [-0.39, 0.29) is 29.0 Å². The maximum Gasteiger partial charge on any atom is 0.275 e. The molecule has 0 amide bonds. The molecule has 22 heavy (non-hydrogen) atoms. The minimum Gasteiger partial charge on any atom is -0.507 e. The lowest BCUT2D eigenvalue weighted by molar-refractivity contribution is -0.386. The summed E-state index contributed by atoms with van der Waals surface area (Å²) in [6.45, 7) is 0. The predicted octanol–water partition coefficient (Wildman–Crippen LogP) is 3.37. The lowest BCUT2D eigenvalue weighted by Gasteiger charge is -2.11. The standard InChI is InChI=1S/C15H12BrNO5/c16-9-5-6-13(18)11(7-9)15(20)8-14(19)10-3-1-2-4-12(10)17(21)22/h1-7,14,18-19H,8H2. The number of aromatic hydroxyl groups is 1. The van der Waals surface area contributed by atoms with Gasteiger partial charge >= 0.3 is 0 Å². The number of carbonyl (C=O) groups is 1. The zero-order chi connectivity index (χ0) is 16.3. The number of phenolic OH excluding ortho intramolecular Hbond substituents is 1. The fourth-order valence-electron chi connectivity index (χ4n) is 2.06. The van der Waals surface area contributed by atoms with Crippen molar-refractivity contribution in [2.45, 2.75) is 12.5 Å². The van der Waals surface area contributed by atoms with Gasteiger partial charge in [-0.3, -0.25) is 14.9 Å². The van der Waals surface area contributed by atoms with E-state index in [9.17, 15) is 25.1 Å². The first-order valence-electron chi connectivity index (χ1n) is 6.33. The third-order valence-electron chi connectivity index (χ3n) is 3.13. The fourth-order valence-corrected chi connectivity index (χ4v) is 2.42. The predicted molar refractivity (Wildman–Crippen MR) is 82.8 cm³/mol. The Labute approximate surface area is 134 Å². The first-order chi connectivity index (χ1) is 10.4. The van der Waals surface area contributed by atoms with Gasteiger partial charge in [-0.15, -0.1) is 0 Å². The van der Waals surface area contributed by atoms with Crippen molar-refractivity contribution in [2.75, 3.05) is 0 Å². The molecule has 2 aromatic carbocycles. The van der Waals surface area contributed by atoms with E-state index < -0.39 is 16.8 Å².